The van der Waals surface area contributed by atoms with E-state index in [1.165, 1.54) is 33.6 Å². The van der Waals surface area contributed by atoms with Crippen molar-refractivity contribution >= 4 is 38.9 Å². The van der Waals surface area contributed by atoms with Crippen LogP contribution in [0.3, 0.4) is 0 Å². The molecule has 1 aromatic heterocycles. The minimum absolute atomic E-state index is 0.101. The number of benzene rings is 3. The van der Waals surface area contributed by atoms with Gasteiger partial charge in [-0.15, -0.1) is 0 Å². The van der Waals surface area contributed by atoms with Crippen LogP contribution in [-0.2, 0) is 28.0 Å². The Morgan fingerprint density at radius 3 is 2.23 bits per heavy atom. The zero-order valence-electron chi connectivity index (χ0n) is 21.5. The predicted octanol–water partition coefficient (Wildman–Crippen LogP) is 5.30. The van der Waals surface area contributed by atoms with Gasteiger partial charge in [0.05, 0.1) is 32.6 Å². The van der Waals surface area contributed by atoms with Gasteiger partial charge >= 0.3 is 6.18 Å². The lowest BCUT2D eigenvalue weighted by molar-refractivity contribution is -0.137. The minimum atomic E-state index is -4.88. The van der Waals surface area contributed by atoms with Crippen molar-refractivity contribution in [2.45, 2.75) is 24.9 Å². The van der Waals surface area contributed by atoms with E-state index < -0.39 is 50.5 Å². The Hall–Kier alpha value is -4.03. The highest BCUT2D eigenvalue weighted by Gasteiger charge is 2.36. The minimum Gasteiger partial charge on any atom is -0.318 e. The molecule has 0 bridgehead atoms. The van der Waals surface area contributed by atoms with Crippen LogP contribution in [0.4, 0.5) is 24.5 Å². The summed E-state index contributed by atoms with van der Waals surface area (Å²) >= 11 is 5.74. The van der Waals surface area contributed by atoms with E-state index in [0.29, 0.717) is 21.8 Å². The number of anilines is 2. The van der Waals surface area contributed by atoms with Gasteiger partial charge in [-0.2, -0.15) is 13.2 Å². The Morgan fingerprint density at radius 1 is 1.00 bits per heavy atom. The van der Waals surface area contributed by atoms with E-state index in [1.807, 2.05) is 0 Å². The van der Waals surface area contributed by atoms with Gasteiger partial charge in [-0.3, -0.25) is 18.6 Å². The molecule has 0 unspecified atom stereocenters. The number of hydrogen-bond acceptors (Lipinski definition) is 4. The van der Waals surface area contributed by atoms with E-state index in [9.17, 15) is 31.2 Å². The molecule has 0 atom stereocenters. The Bertz CT molecular complexity index is 1730. The van der Waals surface area contributed by atoms with E-state index in [1.54, 1.807) is 51.2 Å². The molecular weight excluding hydrogens is 569 g/mol. The van der Waals surface area contributed by atoms with Crippen molar-refractivity contribution in [3.05, 3.63) is 105 Å². The van der Waals surface area contributed by atoms with Crippen molar-refractivity contribution in [3.8, 4) is 5.69 Å². The molecule has 8 nitrogen and oxygen atoms in total. The smallest absolute Gasteiger partial charge is 0.318 e. The zero-order chi connectivity index (χ0) is 29.4. The molecule has 0 radical (unpaired) electrons. The molecule has 0 aliphatic heterocycles. The number of aryl methyl sites for hydroxylation is 1. The molecule has 13 heteroatoms. The monoisotopic (exact) mass is 592 g/mol. The summed E-state index contributed by atoms with van der Waals surface area (Å²) in [6, 6.07) is 16.8. The molecule has 3 aromatic carbocycles. The molecule has 0 aliphatic rings. The van der Waals surface area contributed by atoms with Gasteiger partial charge in [0, 0.05) is 7.05 Å². The number of sulfonamides is 1. The van der Waals surface area contributed by atoms with E-state index in [2.05, 4.69) is 5.32 Å². The summed E-state index contributed by atoms with van der Waals surface area (Å²) in [6.45, 7) is 2.40. The molecule has 40 heavy (non-hydrogen) atoms. The summed E-state index contributed by atoms with van der Waals surface area (Å²) in [6.07, 6.45) is -4.88. The predicted molar refractivity (Wildman–Crippen MR) is 147 cm³/mol. The van der Waals surface area contributed by atoms with Crippen LogP contribution in [0.15, 0.2) is 82.5 Å². The highest BCUT2D eigenvalue weighted by molar-refractivity contribution is 7.92. The highest BCUT2D eigenvalue weighted by Crippen LogP contribution is 2.38. The number of hydrogen-bond donors (Lipinski definition) is 1. The van der Waals surface area contributed by atoms with E-state index in [-0.39, 0.29) is 10.6 Å². The number of nitrogens with one attached hydrogen (secondary N) is 1. The van der Waals surface area contributed by atoms with Gasteiger partial charge in [0.25, 0.3) is 15.6 Å². The second-order valence-electron chi connectivity index (χ2n) is 8.97. The van der Waals surface area contributed by atoms with Crippen LogP contribution in [0.5, 0.6) is 0 Å². The van der Waals surface area contributed by atoms with Gasteiger partial charge in [0.1, 0.15) is 12.2 Å². The molecule has 1 heterocycles. The lowest BCUT2D eigenvalue weighted by atomic mass is 10.2. The third-order valence-corrected chi connectivity index (χ3v) is 8.38. The first-order chi connectivity index (χ1) is 18.7. The summed E-state index contributed by atoms with van der Waals surface area (Å²) in [4.78, 5) is 26.2. The second-order valence-corrected chi connectivity index (χ2v) is 11.2. The molecule has 1 N–H and O–H groups in total. The average molecular weight is 593 g/mol. The van der Waals surface area contributed by atoms with Crippen molar-refractivity contribution < 1.29 is 26.4 Å². The van der Waals surface area contributed by atoms with Crippen LogP contribution in [-0.4, -0.2) is 30.2 Å². The van der Waals surface area contributed by atoms with Crippen molar-refractivity contribution in [2.24, 2.45) is 7.05 Å². The Balaban J connectivity index is 1.76. The second kappa shape index (κ2) is 10.9. The fraction of sp³-hybridized carbons (Fsp3) is 0.185. The number of halogens is 4. The third-order valence-electron chi connectivity index (χ3n) is 6.26. The molecule has 0 saturated heterocycles. The number of para-hydroxylation sites is 1. The van der Waals surface area contributed by atoms with E-state index >= 15 is 0 Å². The van der Waals surface area contributed by atoms with Crippen molar-refractivity contribution in [2.75, 3.05) is 16.2 Å². The molecule has 210 valence electrons. The highest BCUT2D eigenvalue weighted by atomic mass is 35.5. The topological polar surface area (TPSA) is 93.4 Å². The lowest BCUT2D eigenvalue weighted by Crippen LogP contribution is -2.39. The van der Waals surface area contributed by atoms with E-state index in [4.69, 9.17) is 11.6 Å². The Morgan fingerprint density at radius 2 is 1.62 bits per heavy atom. The number of rotatable bonds is 7. The Labute approximate surface area is 233 Å². The molecule has 0 fully saturated rings. The van der Waals surface area contributed by atoms with Crippen molar-refractivity contribution in [1.29, 1.82) is 0 Å². The molecule has 4 aromatic rings. The maximum absolute atomic E-state index is 13.6. The van der Waals surface area contributed by atoms with Crippen LogP contribution in [0.2, 0.25) is 5.02 Å². The van der Waals surface area contributed by atoms with Crippen molar-refractivity contribution in [3.63, 3.8) is 0 Å². The Kier molecular flexibility index (Phi) is 7.86. The van der Waals surface area contributed by atoms with Gasteiger partial charge in [-0.25, -0.2) is 13.1 Å². The molecule has 0 aliphatic carbocycles. The largest absolute Gasteiger partial charge is 0.417 e. The maximum Gasteiger partial charge on any atom is 0.417 e. The van der Waals surface area contributed by atoms with Crippen LogP contribution in [0, 0.1) is 13.8 Å². The van der Waals surface area contributed by atoms with Gasteiger partial charge in [-0.1, -0.05) is 47.5 Å². The first-order valence-corrected chi connectivity index (χ1v) is 13.6. The van der Waals surface area contributed by atoms with Crippen LogP contribution < -0.4 is 15.2 Å². The number of nitrogens with zero attached hydrogens (tertiary/aromatic N) is 3. The first kappa shape index (κ1) is 29.0. The third kappa shape index (κ3) is 5.63. The van der Waals surface area contributed by atoms with Crippen LogP contribution in [0.25, 0.3) is 5.69 Å². The van der Waals surface area contributed by atoms with Gasteiger partial charge < -0.3 is 5.32 Å². The number of carbonyl (C=O) groups is 1. The molecule has 1 amide bonds. The van der Waals surface area contributed by atoms with Crippen LogP contribution >= 0.6 is 11.6 Å². The summed E-state index contributed by atoms with van der Waals surface area (Å²) < 4.78 is 71.4. The number of aromatic nitrogens is 2. The molecule has 0 spiro atoms. The summed E-state index contributed by atoms with van der Waals surface area (Å²) in [7, 11) is -2.91. The molecular formula is C27H24ClF3N4O4S. The van der Waals surface area contributed by atoms with Gasteiger partial charge in [0.15, 0.2) is 0 Å². The quantitative estimate of drug-likeness (QED) is 0.315. The average Bonchev–Trinajstić information content (AvgIpc) is 3.10. The zero-order valence-corrected chi connectivity index (χ0v) is 23.1. The fourth-order valence-corrected chi connectivity index (χ4v) is 5.70. The summed E-state index contributed by atoms with van der Waals surface area (Å²) in [5, 5.41) is 1.82. The standard InChI is InChI=1S/C27H24ClF3N4O4S/c1-17-9-12-21(13-10-17)40(38,39)34(20-11-14-23(28)22(15-20)27(29,30)31)16-24(36)32-25-18(2)33(3)35(26(25)37)19-7-5-4-6-8-19/h4-15H,16H2,1-3H3,(H,32,36). The van der Waals surface area contributed by atoms with Gasteiger partial charge in [0.2, 0.25) is 5.91 Å². The molecule has 0 saturated carbocycles. The number of amides is 1. The van der Waals surface area contributed by atoms with E-state index in [0.717, 1.165) is 17.7 Å². The normalized spacial score (nSPS) is 11.9. The molecule has 4 rings (SSSR count). The summed E-state index contributed by atoms with van der Waals surface area (Å²) in [5.41, 5.74) is -0.707. The summed E-state index contributed by atoms with van der Waals surface area (Å²) in [5.74, 6) is -0.940. The van der Waals surface area contributed by atoms with Crippen LogP contribution in [0.1, 0.15) is 16.8 Å². The van der Waals surface area contributed by atoms with Crippen molar-refractivity contribution in [1.82, 2.24) is 9.36 Å². The maximum atomic E-state index is 13.6. The van der Waals surface area contributed by atoms with Gasteiger partial charge in [-0.05, 0) is 56.3 Å². The fourth-order valence-electron chi connectivity index (χ4n) is 4.06. The SMILES string of the molecule is Cc1ccc(S(=O)(=O)N(CC(=O)Nc2c(C)n(C)n(-c3ccccc3)c2=O)c2ccc(Cl)c(C(F)(F)F)c2)cc1. The number of carbonyl (C=O) groups excluding carboxylic acids is 1. The first-order valence-electron chi connectivity index (χ1n) is 11.8. The number of alkyl halides is 3. The lowest BCUT2D eigenvalue weighted by Gasteiger charge is -2.25.